The molecule has 0 bridgehead atoms. The van der Waals surface area contributed by atoms with Gasteiger partial charge in [0.15, 0.2) is 0 Å². The van der Waals surface area contributed by atoms with Crippen LogP contribution in [-0.2, 0) is 10.8 Å². The van der Waals surface area contributed by atoms with Crippen LogP contribution >= 0.6 is 0 Å². The molecule has 2 unspecified atom stereocenters. The topological polar surface area (TPSA) is 49.3 Å². The third-order valence-electron chi connectivity index (χ3n) is 1.98. The van der Waals surface area contributed by atoms with E-state index < -0.39 is 16.9 Å². The molecule has 0 amide bonds. The second-order valence-corrected chi connectivity index (χ2v) is 4.78. The second-order valence-electron chi connectivity index (χ2n) is 3.29. The summed E-state index contributed by atoms with van der Waals surface area (Å²) in [5, 5.41) is 12.6. The molecule has 0 aromatic heterocycles. The van der Waals surface area contributed by atoms with Gasteiger partial charge in [0.05, 0.1) is 22.7 Å². The average Bonchev–Trinajstić information content (AvgIpc) is 2.27. The van der Waals surface area contributed by atoms with Gasteiger partial charge in [0.25, 0.3) is 0 Å². The Kier molecular flexibility index (Phi) is 5.53. The summed E-state index contributed by atoms with van der Waals surface area (Å²) in [6.07, 6.45) is -0.550. The third kappa shape index (κ3) is 4.55. The summed E-state index contributed by atoms with van der Waals surface area (Å²) in [4.78, 5) is 0.771. The highest BCUT2D eigenvalue weighted by Crippen LogP contribution is 2.06. The molecule has 15 heavy (non-hydrogen) atoms. The predicted octanol–water partition coefficient (Wildman–Crippen LogP) is 0.765. The van der Waals surface area contributed by atoms with Gasteiger partial charge in [-0.05, 0) is 18.7 Å². The van der Waals surface area contributed by atoms with Crippen LogP contribution in [-0.4, -0.2) is 34.3 Å². The molecule has 3 nitrogen and oxygen atoms in total. The Balaban J connectivity index is 2.42. The first-order valence-corrected chi connectivity index (χ1v) is 6.38. The van der Waals surface area contributed by atoms with Gasteiger partial charge >= 0.3 is 0 Å². The van der Waals surface area contributed by atoms with Crippen molar-refractivity contribution in [2.45, 2.75) is 17.9 Å². The van der Waals surface area contributed by atoms with E-state index >= 15 is 0 Å². The molecule has 0 radical (unpaired) electrons. The van der Waals surface area contributed by atoms with Crippen molar-refractivity contribution in [2.24, 2.45) is 0 Å². The minimum absolute atomic E-state index is 0.289. The highest BCUT2D eigenvalue weighted by Gasteiger charge is 2.10. The number of hydrogen-bond acceptors (Lipinski definition) is 3. The van der Waals surface area contributed by atoms with E-state index in [-0.39, 0.29) is 5.75 Å². The number of hydrogen-bond donors (Lipinski definition) is 2. The zero-order chi connectivity index (χ0) is 11.1. The summed E-state index contributed by atoms with van der Waals surface area (Å²) >= 11 is 0. The number of rotatable bonds is 6. The zero-order valence-electron chi connectivity index (χ0n) is 8.85. The maximum absolute atomic E-state index is 11.7. The van der Waals surface area contributed by atoms with Crippen LogP contribution in [0.15, 0.2) is 35.2 Å². The third-order valence-corrected chi connectivity index (χ3v) is 3.47. The molecular formula is C11H17NO2S. The number of nitrogens with one attached hydrogen (secondary N) is 1. The second kappa shape index (κ2) is 6.71. The monoisotopic (exact) mass is 227 g/mol. The van der Waals surface area contributed by atoms with Gasteiger partial charge < -0.3 is 10.4 Å². The molecule has 1 aromatic rings. The Morgan fingerprint density at radius 1 is 1.40 bits per heavy atom. The number of likely N-dealkylation sites (N-methyl/N-ethyl adjacent to an activating group) is 1. The molecule has 0 heterocycles. The lowest BCUT2D eigenvalue weighted by Gasteiger charge is -2.10. The Bertz CT molecular complexity index is 303. The van der Waals surface area contributed by atoms with E-state index in [1.165, 1.54) is 0 Å². The highest BCUT2D eigenvalue weighted by atomic mass is 32.2. The number of aliphatic hydroxyl groups is 1. The van der Waals surface area contributed by atoms with Crippen molar-refractivity contribution in [3.8, 4) is 0 Å². The Morgan fingerprint density at radius 2 is 2.07 bits per heavy atom. The van der Waals surface area contributed by atoms with Gasteiger partial charge in [0.2, 0.25) is 0 Å². The standard InChI is InChI=1S/C11H17NO2S/c1-2-12-8-10(13)9-15(14)11-6-4-3-5-7-11/h3-7,10,12-13H,2,8-9H2,1H3. The van der Waals surface area contributed by atoms with Crippen LogP contribution in [0.5, 0.6) is 0 Å². The Morgan fingerprint density at radius 3 is 2.67 bits per heavy atom. The first kappa shape index (κ1) is 12.4. The fraction of sp³-hybridized carbons (Fsp3) is 0.455. The SMILES string of the molecule is CCNCC(O)CS(=O)c1ccccc1. The maximum Gasteiger partial charge on any atom is 0.0783 e. The fourth-order valence-corrected chi connectivity index (χ4v) is 2.33. The van der Waals surface area contributed by atoms with E-state index in [1.54, 1.807) is 0 Å². The minimum Gasteiger partial charge on any atom is -0.391 e. The van der Waals surface area contributed by atoms with Crippen molar-refractivity contribution in [3.05, 3.63) is 30.3 Å². The van der Waals surface area contributed by atoms with E-state index in [0.29, 0.717) is 6.54 Å². The number of benzene rings is 1. The van der Waals surface area contributed by atoms with Crippen molar-refractivity contribution in [3.63, 3.8) is 0 Å². The molecule has 0 saturated carbocycles. The lowest BCUT2D eigenvalue weighted by atomic mass is 10.4. The molecule has 0 fully saturated rings. The van der Waals surface area contributed by atoms with Gasteiger partial charge in [-0.3, -0.25) is 4.21 Å². The van der Waals surface area contributed by atoms with Crippen molar-refractivity contribution in [2.75, 3.05) is 18.8 Å². The highest BCUT2D eigenvalue weighted by molar-refractivity contribution is 7.85. The van der Waals surface area contributed by atoms with Crippen molar-refractivity contribution < 1.29 is 9.32 Å². The Labute approximate surface area is 93.0 Å². The van der Waals surface area contributed by atoms with Crippen LogP contribution in [0.2, 0.25) is 0 Å². The summed E-state index contributed by atoms with van der Waals surface area (Å²) in [5.74, 6) is 0.289. The molecule has 1 rings (SSSR count). The van der Waals surface area contributed by atoms with E-state index in [0.717, 1.165) is 11.4 Å². The van der Waals surface area contributed by atoms with Crippen LogP contribution < -0.4 is 5.32 Å². The predicted molar refractivity (Wildman–Crippen MR) is 62.3 cm³/mol. The quantitative estimate of drug-likeness (QED) is 0.754. The summed E-state index contributed by atoms with van der Waals surface area (Å²) in [7, 11) is -1.11. The van der Waals surface area contributed by atoms with Crippen LogP contribution in [0.1, 0.15) is 6.92 Å². The van der Waals surface area contributed by atoms with Gasteiger partial charge in [0, 0.05) is 11.4 Å². The summed E-state index contributed by atoms with van der Waals surface area (Å²) in [5.41, 5.74) is 0. The Hall–Kier alpha value is -0.710. The summed E-state index contributed by atoms with van der Waals surface area (Å²) in [6, 6.07) is 9.22. The zero-order valence-corrected chi connectivity index (χ0v) is 9.67. The van der Waals surface area contributed by atoms with E-state index in [1.807, 2.05) is 37.3 Å². The van der Waals surface area contributed by atoms with E-state index in [9.17, 15) is 9.32 Å². The molecule has 2 atom stereocenters. The molecular weight excluding hydrogens is 210 g/mol. The van der Waals surface area contributed by atoms with E-state index in [2.05, 4.69) is 5.32 Å². The summed E-state index contributed by atoms with van der Waals surface area (Å²) in [6.45, 7) is 3.28. The van der Waals surface area contributed by atoms with Gasteiger partial charge in [-0.25, -0.2) is 0 Å². The van der Waals surface area contributed by atoms with Gasteiger partial charge in [-0.2, -0.15) is 0 Å². The van der Waals surface area contributed by atoms with Crippen LogP contribution in [0.25, 0.3) is 0 Å². The largest absolute Gasteiger partial charge is 0.391 e. The normalized spacial score (nSPS) is 14.8. The van der Waals surface area contributed by atoms with Gasteiger partial charge in [-0.1, -0.05) is 25.1 Å². The molecule has 0 aliphatic rings. The van der Waals surface area contributed by atoms with Crippen molar-refractivity contribution in [1.29, 1.82) is 0 Å². The molecule has 0 aliphatic carbocycles. The molecule has 0 saturated heterocycles. The fourth-order valence-electron chi connectivity index (χ4n) is 1.21. The number of aliphatic hydroxyl groups excluding tert-OH is 1. The van der Waals surface area contributed by atoms with Crippen molar-refractivity contribution in [1.82, 2.24) is 5.32 Å². The van der Waals surface area contributed by atoms with Crippen LogP contribution in [0.3, 0.4) is 0 Å². The maximum atomic E-state index is 11.7. The van der Waals surface area contributed by atoms with E-state index in [4.69, 9.17) is 0 Å². The summed E-state index contributed by atoms with van der Waals surface area (Å²) < 4.78 is 11.7. The lowest BCUT2D eigenvalue weighted by molar-refractivity contribution is 0.195. The van der Waals surface area contributed by atoms with Gasteiger partial charge in [-0.15, -0.1) is 0 Å². The van der Waals surface area contributed by atoms with Crippen molar-refractivity contribution >= 4 is 10.8 Å². The van der Waals surface area contributed by atoms with Crippen LogP contribution in [0.4, 0.5) is 0 Å². The smallest absolute Gasteiger partial charge is 0.0783 e. The molecule has 84 valence electrons. The minimum atomic E-state index is -1.11. The lowest BCUT2D eigenvalue weighted by Crippen LogP contribution is -2.30. The van der Waals surface area contributed by atoms with Gasteiger partial charge in [0.1, 0.15) is 0 Å². The molecule has 0 spiro atoms. The molecule has 2 N–H and O–H groups in total. The average molecular weight is 227 g/mol. The molecule has 4 heteroatoms. The first-order chi connectivity index (χ1) is 7.24. The molecule has 1 aromatic carbocycles. The van der Waals surface area contributed by atoms with Crippen LogP contribution in [0, 0.1) is 0 Å². The first-order valence-electron chi connectivity index (χ1n) is 5.06. The molecule has 0 aliphatic heterocycles.